The third kappa shape index (κ3) is 3.53. The number of benzene rings is 1. The maximum Gasteiger partial charge on any atom is 0.338 e. The van der Waals surface area contributed by atoms with E-state index in [0.717, 1.165) is 11.4 Å². The summed E-state index contributed by atoms with van der Waals surface area (Å²) in [5.74, 6) is -0.372. The molecule has 0 aliphatic rings. The highest BCUT2D eigenvalue weighted by Crippen LogP contribution is 2.24. The van der Waals surface area contributed by atoms with Crippen LogP contribution in [-0.4, -0.2) is 22.4 Å². The van der Waals surface area contributed by atoms with Gasteiger partial charge in [0.15, 0.2) is 0 Å². The van der Waals surface area contributed by atoms with E-state index in [1.807, 2.05) is 10.9 Å². The molecule has 0 bridgehead atoms. The minimum atomic E-state index is -0.372. The number of aromatic nitrogens is 2. The van der Waals surface area contributed by atoms with Crippen LogP contribution < -0.4 is 11.1 Å². The SMILES string of the molecule is CCOC(=O)c1ccc(Nc2cnn(C(C)C)c2)c(N)c1. The van der Waals surface area contributed by atoms with Crippen LogP contribution in [0.15, 0.2) is 30.6 Å². The molecule has 112 valence electrons. The van der Waals surface area contributed by atoms with E-state index >= 15 is 0 Å². The number of nitrogens with two attached hydrogens (primary N) is 1. The molecular weight excluding hydrogens is 268 g/mol. The number of hydrogen-bond acceptors (Lipinski definition) is 5. The molecule has 3 N–H and O–H groups in total. The van der Waals surface area contributed by atoms with E-state index in [1.165, 1.54) is 0 Å². The molecule has 0 saturated carbocycles. The summed E-state index contributed by atoms with van der Waals surface area (Å²) < 4.78 is 6.80. The van der Waals surface area contributed by atoms with Crippen LogP contribution in [0.5, 0.6) is 0 Å². The summed E-state index contributed by atoms with van der Waals surface area (Å²) in [6.07, 6.45) is 3.64. The lowest BCUT2D eigenvalue weighted by Gasteiger charge is -2.09. The van der Waals surface area contributed by atoms with Gasteiger partial charge in [-0.1, -0.05) is 0 Å². The van der Waals surface area contributed by atoms with Crippen LogP contribution in [-0.2, 0) is 4.74 Å². The van der Waals surface area contributed by atoms with Crippen molar-refractivity contribution in [2.75, 3.05) is 17.7 Å². The summed E-state index contributed by atoms with van der Waals surface area (Å²) in [5, 5.41) is 7.44. The molecule has 1 aromatic heterocycles. The summed E-state index contributed by atoms with van der Waals surface area (Å²) in [6.45, 7) is 6.22. The second kappa shape index (κ2) is 6.30. The zero-order chi connectivity index (χ0) is 15.4. The quantitative estimate of drug-likeness (QED) is 0.653. The summed E-state index contributed by atoms with van der Waals surface area (Å²) in [7, 11) is 0. The highest BCUT2D eigenvalue weighted by Gasteiger charge is 2.10. The molecule has 0 radical (unpaired) electrons. The van der Waals surface area contributed by atoms with Crippen molar-refractivity contribution >= 4 is 23.0 Å². The van der Waals surface area contributed by atoms with E-state index < -0.39 is 0 Å². The van der Waals surface area contributed by atoms with Crippen molar-refractivity contribution in [3.05, 3.63) is 36.2 Å². The topological polar surface area (TPSA) is 82.2 Å². The molecule has 1 aromatic carbocycles. The monoisotopic (exact) mass is 288 g/mol. The molecule has 2 aromatic rings. The van der Waals surface area contributed by atoms with Crippen LogP contribution in [0.2, 0.25) is 0 Å². The molecule has 0 aliphatic heterocycles. The minimum absolute atomic E-state index is 0.295. The molecule has 0 spiro atoms. The molecule has 6 heteroatoms. The van der Waals surface area contributed by atoms with Gasteiger partial charge in [-0.05, 0) is 39.0 Å². The second-order valence-corrected chi connectivity index (χ2v) is 4.95. The van der Waals surface area contributed by atoms with Gasteiger partial charge in [-0.2, -0.15) is 5.10 Å². The first-order valence-electron chi connectivity index (χ1n) is 6.89. The van der Waals surface area contributed by atoms with Crippen LogP contribution >= 0.6 is 0 Å². The highest BCUT2D eigenvalue weighted by molar-refractivity contribution is 5.92. The number of nitrogen functional groups attached to an aromatic ring is 1. The average Bonchev–Trinajstić information content (AvgIpc) is 2.90. The number of hydrogen-bond donors (Lipinski definition) is 2. The number of carbonyl (C=O) groups excluding carboxylic acids is 1. The van der Waals surface area contributed by atoms with E-state index in [2.05, 4.69) is 24.3 Å². The fourth-order valence-corrected chi connectivity index (χ4v) is 1.86. The molecule has 0 aliphatic carbocycles. The first-order valence-corrected chi connectivity index (χ1v) is 6.89. The number of ether oxygens (including phenoxy) is 1. The van der Waals surface area contributed by atoms with Gasteiger partial charge in [-0.3, -0.25) is 4.68 Å². The average molecular weight is 288 g/mol. The lowest BCUT2D eigenvalue weighted by atomic mass is 10.1. The Morgan fingerprint density at radius 1 is 1.48 bits per heavy atom. The second-order valence-electron chi connectivity index (χ2n) is 4.95. The summed E-state index contributed by atoms with van der Waals surface area (Å²) in [5.41, 5.74) is 8.47. The maximum absolute atomic E-state index is 11.6. The van der Waals surface area contributed by atoms with Crippen LogP contribution in [0.4, 0.5) is 17.1 Å². The molecule has 21 heavy (non-hydrogen) atoms. The zero-order valence-corrected chi connectivity index (χ0v) is 12.5. The summed E-state index contributed by atoms with van der Waals surface area (Å²) in [6, 6.07) is 5.34. The zero-order valence-electron chi connectivity index (χ0n) is 12.5. The van der Waals surface area contributed by atoms with Gasteiger partial charge in [-0.15, -0.1) is 0 Å². The molecule has 0 fully saturated rings. The van der Waals surface area contributed by atoms with Crippen molar-refractivity contribution < 1.29 is 9.53 Å². The van der Waals surface area contributed by atoms with Crippen molar-refractivity contribution in [1.82, 2.24) is 9.78 Å². The molecule has 0 unspecified atom stereocenters. The predicted molar refractivity (Wildman–Crippen MR) is 82.7 cm³/mol. The van der Waals surface area contributed by atoms with Gasteiger partial charge in [0.1, 0.15) is 0 Å². The Balaban J connectivity index is 2.15. The fourth-order valence-electron chi connectivity index (χ4n) is 1.86. The molecule has 0 saturated heterocycles. The Labute approximate surface area is 123 Å². The van der Waals surface area contributed by atoms with Gasteiger partial charge < -0.3 is 15.8 Å². The van der Waals surface area contributed by atoms with Gasteiger partial charge in [0.25, 0.3) is 0 Å². The first kappa shape index (κ1) is 14.9. The Morgan fingerprint density at radius 2 is 2.24 bits per heavy atom. The number of nitrogens with zero attached hydrogens (tertiary/aromatic N) is 2. The van der Waals surface area contributed by atoms with E-state index in [4.69, 9.17) is 10.5 Å². The van der Waals surface area contributed by atoms with Gasteiger partial charge in [-0.25, -0.2) is 4.79 Å². The molecule has 0 amide bonds. The van der Waals surface area contributed by atoms with Gasteiger partial charge in [0.2, 0.25) is 0 Å². The Morgan fingerprint density at radius 3 is 2.81 bits per heavy atom. The van der Waals surface area contributed by atoms with Crippen molar-refractivity contribution in [2.24, 2.45) is 0 Å². The predicted octanol–water partition coefficient (Wildman–Crippen LogP) is 2.97. The van der Waals surface area contributed by atoms with Gasteiger partial charge >= 0.3 is 5.97 Å². The standard InChI is InChI=1S/C15H20N4O2/c1-4-21-15(20)11-5-6-14(13(16)7-11)18-12-8-17-19(9-12)10(2)3/h5-10,18H,4,16H2,1-3H3. The largest absolute Gasteiger partial charge is 0.462 e. The van der Waals surface area contributed by atoms with E-state index in [1.54, 1.807) is 31.3 Å². The van der Waals surface area contributed by atoms with Crippen molar-refractivity contribution in [3.8, 4) is 0 Å². The minimum Gasteiger partial charge on any atom is -0.462 e. The smallest absolute Gasteiger partial charge is 0.338 e. The van der Waals surface area contributed by atoms with Gasteiger partial charge in [0.05, 0.1) is 35.4 Å². The van der Waals surface area contributed by atoms with Crippen LogP contribution in [0.25, 0.3) is 0 Å². The Bertz CT molecular complexity index is 634. The number of rotatable bonds is 5. The highest BCUT2D eigenvalue weighted by atomic mass is 16.5. The maximum atomic E-state index is 11.6. The molecule has 1 heterocycles. The molecule has 0 atom stereocenters. The summed E-state index contributed by atoms with van der Waals surface area (Å²) >= 11 is 0. The molecular formula is C15H20N4O2. The van der Waals surface area contributed by atoms with Crippen LogP contribution in [0.1, 0.15) is 37.2 Å². The lowest BCUT2D eigenvalue weighted by Crippen LogP contribution is -2.06. The number of anilines is 3. The van der Waals surface area contributed by atoms with Crippen molar-refractivity contribution in [2.45, 2.75) is 26.8 Å². The van der Waals surface area contributed by atoms with Crippen molar-refractivity contribution in [3.63, 3.8) is 0 Å². The summed E-state index contributed by atoms with van der Waals surface area (Å²) in [4.78, 5) is 11.6. The Hall–Kier alpha value is -2.50. The van der Waals surface area contributed by atoms with Crippen LogP contribution in [0, 0.1) is 0 Å². The molecule has 2 rings (SSSR count). The van der Waals surface area contributed by atoms with E-state index in [0.29, 0.717) is 23.9 Å². The number of esters is 1. The van der Waals surface area contributed by atoms with E-state index in [9.17, 15) is 4.79 Å². The van der Waals surface area contributed by atoms with E-state index in [-0.39, 0.29) is 5.97 Å². The molecule has 6 nitrogen and oxygen atoms in total. The Kier molecular flexibility index (Phi) is 4.47. The van der Waals surface area contributed by atoms with Crippen LogP contribution in [0.3, 0.4) is 0 Å². The van der Waals surface area contributed by atoms with Crippen molar-refractivity contribution in [1.29, 1.82) is 0 Å². The number of carbonyl (C=O) groups is 1. The number of nitrogens with one attached hydrogen (secondary N) is 1. The lowest BCUT2D eigenvalue weighted by molar-refractivity contribution is 0.0526. The first-order chi connectivity index (χ1) is 10.0. The third-order valence-corrected chi connectivity index (χ3v) is 2.97. The third-order valence-electron chi connectivity index (χ3n) is 2.97. The van der Waals surface area contributed by atoms with Gasteiger partial charge in [0, 0.05) is 12.2 Å². The normalized spacial score (nSPS) is 10.7. The fraction of sp³-hybridized carbons (Fsp3) is 0.333.